The lowest BCUT2D eigenvalue weighted by Gasteiger charge is -2.43. The molecule has 0 saturated carbocycles. The molecule has 0 N–H and O–H groups in total. The Bertz CT molecular complexity index is 2230. The number of fused-ring (bicyclic) bond motifs is 8. The summed E-state index contributed by atoms with van der Waals surface area (Å²) in [5.41, 5.74) is 19.9. The summed E-state index contributed by atoms with van der Waals surface area (Å²) < 4.78 is 0. The minimum absolute atomic E-state index is 0.0103. The lowest BCUT2D eigenvalue weighted by Crippen LogP contribution is -2.31. The standard InChI is InChI=1S/C45H39N/c1-43(2)35-15-9-7-13-31(35)33-24-21-29(25-38(33)43)28-19-22-30(23-20-28)46-41-18-12-11-17-37(41)45(5,6)40-26-34-32-14-8-10-16-36(32)44(3,4)39(34)27-42(40)46/h7-27H,1-6H3. The first kappa shape index (κ1) is 27.4. The van der Waals surface area contributed by atoms with Crippen LogP contribution in [0.5, 0.6) is 0 Å². The molecule has 2 aliphatic carbocycles. The van der Waals surface area contributed by atoms with Gasteiger partial charge in [-0.2, -0.15) is 0 Å². The van der Waals surface area contributed by atoms with E-state index in [9.17, 15) is 0 Å². The van der Waals surface area contributed by atoms with Crippen LogP contribution in [0, 0.1) is 0 Å². The Morgan fingerprint density at radius 1 is 0.348 bits per heavy atom. The second-order valence-electron chi connectivity index (χ2n) is 15.0. The van der Waals surface area contributed by atoms with Crippen LogP contribution in [-0.4, -0.2) is 0 Å². The maximum Gasteiger partial charge on any atom is 0.0506 e. The van der Waals surface area contributed by atoms with Crippen LogP contribution in [-0.2, 0) is 16.2 Å². The molecule has 0 fully saturated rings. The monoisotopic (exact) mass is 593 g/mol. The summed E-state index contributed by atoms with van der Waals surface area (Å²) in [6, 6.07) is 48.1. The first-order valence-corrected chi connectivity index (χ1v) is 16.6. The number of anilines is 3. The molecular formula is C45H39N. The Hall–Kier alpha value is -4.88. The molecule has 0 saturated heterocycles. The highest BCUT2D eigenvalue weighted by molar-refractivity contribution is 5.92. The van der Waals surface area contributed by atoms with E-state index in [2.05, 4.69) is 174 Å². The van der Waals surface area contributed by atoms with Gasteiger partial charge in [0.25, 0.3) is 0 Å². The highest BCUT2D eigenvalue weighted by Gasteiger charge is 2.42. The number of benzene rings is 6. The Balaban J connectivity index is 1.18. The molecule has 0 spiro atoms. The molecule has 0 aromatic heterocycles. The van der Waals surface area contributed by atoms with Crippen LogP contribution in [0.1, 0.15) is 74.9 Å². The average Bonchev–Trinajstić information content (AvgIpc) is 3.44. The quantitative estimate of drug-likeness (QED) is 0.193. The van der Waals surface area contributed by atoms with Crippen molar-refractivity contribution in [2.24, 2.45) is 0 Å². The van der Waals surface area contributed by atoms with Gasteiger partial charge in [0.15, 0.2) is 0 Å². The van der Waals surface area contributed by atoms with E-state index in [1.54, 1.807) is 0 Å². The van der Waals surface area contributed by atoms with Gasteiger partial charge >= 0.3 is 0 Å². The van der Waals surface area contributed by atoms with Gasteiger partial charge in [0.2, 0.25) is 0 Å². The van der Waals surface area contributed by atoms with Gasteiger partial charge in [0, 0.05) is 21.9 Å². The molecule has 6 aromatic carbocycles. The zero-order valence-electron chi connectivity index (χ0n) is 27.6. The van der Waals surface area contributed by atoms with Crippen molar-refractivity contribution in [2.75, 3.05) is 4.90 Å². The molecule has 0 atom stereocenters. The first-order valence-electron chi connectivity index (χ1n) is 16.6. The van der Waals surface area contributed by atoms with Crippen molar-refractivity contribution in [1.82, 2.24) is 0 Å². The van der Waals surface area contributed by atoms with Crippen molar-refractivity contribution in [2.45, 2.75) is 57.8 Å². The second-order valence-corrected chi connectivity index (χ2v) is 15.0. The molecule has 0 amide bonds. The fourth-order valence-corrected chi connectivity index (χ4v) is 8.86. The highest BCUT2D eigenvalue weighted by Crippen LogP contribution is 2.57. The Labute approximate surface area is 273 Å². The molecular weight excluding hydrogens is 555 g/mol. The molecule has 6 aromatic rings. The van der Waals surface area contributed by atoms with Crippen molar-refractivity contribution < 1.29 is 0 Å². The second kappa shape index (κ2) is 9.10. The van der Waals surface area contributed by atoms with Gasteiger partial charge in [-0.3, -0.25) is 0 Å². The van der Waals surface area contributed by atoms with Crippen LogP contribution in [0.25, 0.3) is 33.4 Å². The maximum atomic E-state index is 2.50. The Kier molecular flexibility index (Phi) is 5.43. The molecule has 0 bridgehead atoms. The predicted molar refractivity (Wildman–Crippen MR) is 194 cm³/mol. The molecule has 1 nitrogen and oxygen atoms in total. The SMILES string of the molecule is CC1(C)c2ccccc2-c2ccc(-c3ccc(N4c5ccccc5C(C)(C)c5cc6c(cc54)C(C)(C)c4ccccc4-6)cc3)cc21. The van der Waals surface area contributed by atoms with Crippen molar-refractivity contribution >= 4 is 17.1 Å². The van der Waals surface area contributed by atoms with Crippen LogP contribution in [0.4, 0.5) is 17.1 Å². The number of rotatable bonds is 2. The smallest absolute Gasteiger partial charge is 0.0506 e. The summed E-state index contributed by atoms with van der Waals surface area (Å²) in [4.78, 5) is 2.50. The molecule has 224 valence electrons. The lowest BCUT2D eigenvalue weighted by molar-refractivity contribution is 0.627. The summed E-state index contributed by atoms with van der Waals surface area (Å²) in [5.74, 6) is 0. The van der Waals surface area contributed by atoms with Gasteiger partial charge < -0.3 is 4.90 Å². The van der Waals surface area contributed by atoms with Crippen LogP contribution in [0.15, 0.2) is 127 Å². The topological polar surface area (TPSA) is 3.24 Å². The highest BCUT2D eigenvalue weighted by atomic mass is 15.2. The van der Waals surface area contributed by atoms with Crippen molar-refractivity contribution in [3.8, 4) is 33.4 Å². The summed E-state index contributed by atoms with van der Waals surface area (Å²) in [7, 11) is 0. The van der Waals surface area contributed by atoms with Crippen LogP contribution >= 0.6 is 0 Å². The third-order valence-corrected chi connectivity index (χ3v) is 11.5. The van der Waals surface area contributed by atoms with Gasteiger partial charge in [-0.1, -0.05) is 133 Å². The van der Waals surface area contributed by atoms with Crippen LogP contribution < -0.4 is 4.90 Å². The van der Waals surface area contributed by atoms with Gasteiger partial charge in [0.05, 0.1) is 11.4 Å². The van der Waals surface area contributed by atoms with E-state index in [0.717, 1.165) is 0 Å². The Morgan fingerprint density at radius 3 is 1.52 bits per heavy atom. The molecule has 1 heterocycles. The minimum atomic E-state index is -0.131. The Morgan fingerprint density at radius 2 is 0.848 bits per heavy atom. The van der Waals surface area contributed by atoms with E-state index < -0.39 is 0 Å². The van der Waals surface area contributed by atoms with Crippen molar-refractivity contribution in [3.63, 3.8) is 0 Å². The molecule has 3 aliphatic rings. The van der Waals surface area contributed by atoms with Gasteiger partial charge in [-0.25, -0.2) is 0 Å². The summed E-state index contributed by atoms with van der Waals surface area (Å²) in [6.45, 7) is 14.2. The molecule has 9 rings (SSSR count). The zero-order chi connectivity index (χ0) is 31.6. The molecule has 1 aliphatic heterocycles. The fourth-order valence-electron chi connectivity index (χ4n) is 8.86. The average molecular weight is 594 g/mol. The van der Waals surface area contributed by atoms with E-state index >= 15 is 0 Å². The van der Waals surface area contributed by atoms with E-state index in [1.165, 1.54) is 83.8 Å². The van der Waals surface area contributed by atoms with E-state index in [1.807, 2.05) is 0 Å². The largest absolute Gasteiger partial charge is 0.310 e. The normalized spacial score (nSPS) is 17.0. The number of nitrogens with zero attached hydrogens (tertiary/aromatic N) is 1. The summed E-state index contributed by atoms with van der Waals surface area (Å²) in [5, 5.41) is 0. The summed E-state index contributed by atoms with van der Waals surface area (Å²) >= 11 is 0. The molecule has 0 unspecified atom stereocenters. The lowest BCUT2D eigenvalue weighted by atomic mass is 9.72. The van der Waals surface area contributed by atoms with Gasteiger partial charge in [-0.05, 0) is 103 Å². The first-order chi connectivity index (χ1) is 22.1. The van der Waals surface area contributed by atoms with Crippen LogP contribution in [0.2, 0.25) is 0 Å². The third-order valence-electron chi connectivity index (χ3n) is 11.5. The predicted octanol–water partition coefficient (Wildman–Crippen LogP) is 12.1. The van der Waals surface area contributed by atoms with E-state index in [4.69, 9.17) is 0 Å². The number of para-hydroxylation sites is 1. The maximum absolute atomic E-state index is 2.50. The molecule has 1 heteroatoms. The van der Waals surface area contributed by atoms with Gasteiger partial charge in [-0.15, -0.1) is 0 Å². The van der Waals surface area contributed by atoms with Crippen LogP contribution in [0.3, 0.4) is 0 Å². The van der Waals surface area contributed by atoms with Gasteiger partial charge in [0.1, 0.15) is 0 Å². The van der Waals surface area contributed by atoms with Crippen molar-refractivity contribution in [1.29, 1.82) is 0 Å². The zero-order valence-corrected chi connectivity index (χ0v) is 27.6. The molecule has 46 heavy (non-hydrogen) atoms. The minimum Gasteiger partial charge on any atom is -0.310 e. The van der Waals surface area contributed by atoms with E-state index in [0.29, 0.717) is 0 Å². The fraction of sp³-hybridized carbons (Fsp3) is 0.200. The number of hydrogen-bond acceptors (Lipinski definition) is 1. The van der Waals surface area contributed by atoms with Crippen molar-refractivity contribution in [3.05, 3.63) is 161 Å². The summed E-state index contributed by atoms with van der Waals surface area (Å²) in [6.07, 6.45) is 0. The molecule has 0 radical (unpaired) electrons. The van der Waals surface area contributed by atoms with E-state index in [-0.39, 0.29) is 16.2 Å². The number of hydrogen-bond donors (Lipinski definition) is 0. The third kappa shape index (κ3) is 3.52.